The average molecular weight is 496 g/mol. The van der Waals surface area contributed by atoms with E-state index in [0.717, 1.165) is 17.7 Å². The SMILES string of the molecule is CCC(Nc1c(Cl)cnc2ccc(C3=CCC(C)(O)C(=N)N=C3)cc12)c1nc(C(=O)O)ccc1F. The van der Waals surface area contributed by atoms with Crippen LogP contribution in [0.15, 0.2) is 47.6 Å². The minimum atomic E-state index is -1.36. The summed E-state index contributed by atoms with van der Waals surface area (Å²) < 4.78 is 14.6. The second-order valence-corrected chi connectivity index (χ2v) is 8.84. The van der Waals surface area contributed by atoms with Crippen LogP contribution in [0.1, 0.15) is 54.5 Å². The number of nitrogens with zero attached hydrogens (tertiary/aromatic N) is 3. The van der Waals surface area contributed by atoms with Crippen molar-refractivity contribution in [2.75, 3.05) is 5.32 Å². The predicted octanol–water partition coefficient (Wildman–Crippen LogP) is 5.27. The van der Waals surface area contributed by atoms with E-state index in [1.807, 2.05) is 25.1 Å². The first-order chi connectivity index (χ1) is 16.6. The summed E-state index contributed by atoms with van der Waals surface area (Å²) in [5.74, 6) is -2.00. The largest absolute Gasteiger partial charge is 0.477 e. The van der Waals surface area contributed by atoms with Gasteiger partial charge in [-0.2, -0.15) is 0 Å². The number of aliphatic imine (C=N–C) groups is 1. The second kappa shape index (κ2) is 9.52. The number of allylic oxidation sites excluding steroid dienone is 1. The van der Waals surface area contributed by atoms with Crippen molar-refractivity contribution in [1.82, 2.24) is 9.97 Å². The topological polar surface area (TPSA) is 132 Å². The highest BCUT2D eigenvalue weighted by atomic mass is 35.5. The van der Waals surface area contributed by atoms with Gasteiger partial charge < -0.3 is 15.5 Å². The van der Waals surface area contributed by atoms with Gasteiger partial charge in [0, 0.05) is 24.2 Å². The summed E-state index contributed by atoms with van der Waals surface area (Å²) in [5.41, 5.74) is 0.980. The molecule has 4 rings (SSSR count). The van der Waals surface area contributed by atoms with E-state index in [0.29, 0.717) is 33.6 Å². The number of amidine groups is 1. The van der Waals surface area contributed by atoms with E-state index >= 15 is 0 Å². The molecular formula is C25H23ClFN5O3. The number of hydrogen-bond acceptors (Lipinski definition) is 6. The summed E-state index contributed by atoms with van der Waals surface area (Å²) >= 11 is 6.50. The lowest BCUT2D eigenvalue weighted by Gasteiger charge is -2.21. The van der Waals surface area contributed by atoms with Gasteiger partial charge in [0.1, 0.15) is 17.1 Å². The third kappa shape index (κ3) is 4.91. The fraction of sp³-hybridized carbons (Fsp3) is 0.240. The maximum absolute atomic E-state index is 14.6. The number of fused-ring (bicyclic) bond motifs is 1. The first-order valence-electron chi connectivity index (χ1n) is 10.9. The number of aliphatic hydroxyl groups is 1. The van der Waals surface area contributed by atoms with Crippen LogP contribution in [-0.4, -0.2) is 43.8 Å². The van der Waals surface area contributed by atoms with E-state index in [1.54, 1.807) is 6.07 Å². The van der Waals surface area contributed by atoms with E-state index in [9.17, 15) is 19.4 Å². The van der Waals surface area contributed by atoms with E-state index in [1.165, 1.54) is 19.3 Å². The van der Waals surface area contributed by atoms with Crippen molar-refractivity contribution in [3.8, 4) is 0 Å². The minimum Gasteiger partial charge on any atom is -0.477 e. The lowest BCUT2D eigenvalue weighted by Crippen LogP contribution is -2.31. The van der Waals surface area contributed by atoms with Crippen LogP contribution >= 0.6 is 11.6 Å². The number of carboxylic acid groups (broad SMARTS) is 1. The minimum absolute atomic E-state index is 0.0241. The van der Waals surface area contributed by atoms with Crippen LogP contribution in [0.4, 0.5) is 10.1 Å². The van der Waals surface area contributed by atoms with Gasteiger partial charge in [-0.05, 0) is 48.7 Å². The molecule has 2 aromatic heterocycles. The van der Waals surface area contributed by atoms with Crippen molar-refractivity contribution in [3.63, 3.8) is 0 Å². The first kappa shape index (κ1) is 24.4. The lowest BCUT2D eigenvalue weighted by molar-refractivity contribution is 0.0690. The third-order valence-corrected chi connectivity index (χ3v) is 6.15. The summed E-state index contributed by atoms with van der Waals surface area (Å²) in [7, 11) is 0. The van der Waals surface area contributed by atoms with Gasteiger partial charge in [-0.15, -0.1) is 0 Å². The van der Waals surface area contributed by atoms with Gasteiger partial charge in [0.2, 0.25) is 0 Å². The van der Waals surface area contributed by atoms with Gasteiger partial charge in [-0.3, -0.25) is 10.4 Å². The number of aromatic nitrogens is 2. The molecule has 10 heteroatoms. The molecule has 2 unspecified atom stereocenters. The van der Waals surface area contributed by atoms with Crippen molar-refractivity contribution in [2.24, 2.45) is 4.99 Å². The molecule has 0 aliphatic carbocycles. The number of anilines is 1. The quantitative estimate of drug-likeness (QED) is 0.368. The van der Waals surface area contributed by atoms with Gasteiger partial charge >= 0.3 is 5.97 Å². The molecule has 3 aromatic rings. The smallest absolute Gasteiger partial charge is 0.354 e. The number of hydrogen-bond donors (Lipinski definition) is 4. The highest BCUT2D eigenvalue weighted by molar-refractivity contribution is 6.34. The Morgan fingerprint density at radius 2 is 2.11 bits per heavy atom. The van der Waals surface area contributed by atoms with Crippen LogP contribution in [-0.2, 0) is 0 Å². The molecule has 0 spiro atoms. The van der Waals surface area contributed by atoms with Gasteiger partial charge in [0.05, 0.1) is 28.0 Å². The molecule has 8 nitrogen and oxygen atoms in total. The van der Waals surface area contributed by atoms with Gasteiger partial charge in [0.25, 0.3) is 0 Å². The maximum Gasteiger partial charge on any atom is 0.354 e. The Balaban J connectivity index is 1.78. The Labute approximate surface area is 205 Å². The molecule has 3 heterocycles. The fourth-order valence-electron chi connectivity index (χ4n) is 3.78. The molecule has 0 amide bonds. The zero-order chi connectivity index (χ0) is 25.3. The Bertz CT molecular complexity index is 1400. The Kier molecular flexibility index (Phi) is 6.64. The van der Waals surface area contributed by atoms with Gasteiger partial charge in [-0.25, -0.2) is 19.2 Å². The second-order valence-electron chi connectivity index (χ2n) is 8.43. The average Bonchev–Trinajstić information content (AvgIpc) is 2.96. The molecule has 0 saturated carbocycles. The predicted molar refractivity (Wildman–Crippen MR) is 134 cm³/mol. The summed E-state index contributed by atoms with van der Waals surface area (Å²) in [6.45, 7) is 3.36. The van der Waals surface area contributed by atoms with Gasteiger partial charge in [-0.1, -0.05) is 30.7 Å². The Morgan fingerprint density at radius 3 is 2.83 bits per heavy atom. The summed E-state index contributed by atoms with van der Waals surface area (Å²) in [6.07, 6.45) is 5.45. The molecule has 0 fully saturated rings. The maximum atomic E-state index is 14.6. The summed E-state index contributed by atoms with van der Waals surface area (Å²) in [6, 6.07) is 7.06. The van der Waals surface area contributed by atoms with Crippen molar-refractivity contribution < 1.29 is 19.4 Å². The van der Waals surface area contributed by atoms with Crippen LogP contribution in [0.5, 0.6) is 0 Å². The van der Waals surface area contributed by atoms with Crippen LogP contribution < -0.4 is 5.32 Å². The number of carboxylic acids is 1. The normalized spacial score (nSPS) is 18.8. The number of carbonyl (C=O) groups is 1. The molecule has 1 aliphatic rings. The molecular weight excluding hydrogens is 473 g/mol. The monoisotopic (exact) mass is 495 g/mol. The zero-order valence-electron chi connectivity index (χ0n) is 19.0. The molecule has 0 saturated heterocycles. The molecule has 1 aliphatic heterocycles. The van der Waals surface area contributed by atoms with E-state index in [2.05, 4.69) is 20.3 Å². The fourth-order valence-corrected chi connectivity index (χ4v) is 3.98. The molecule has 0 radical (unpaired) electrons. The van der Waals surface area contributed by atoms with Crippen LogP contribution in [0.25, 0.3) is 16.5 Å². The molecule has 4 N–H and O–H groups in total. The molecule has 2 atom stereocenters. The van der Waals surface area contributed by atoms with Crippen molar-refractivity contribution in [2.45, 2.75) is 38.3 Å². The van der Waals surface area contributed by atoms with Crippen molar-refractivity contribution >= 4 is 51.8 Å². The van der Waals surface area contributed by atoms with Crippen LogP contribution in [0.3, 0.4) is 0 Å². The third-order valence-electron chi connectivity index (χ3n) is 5.87. The zero-order valence-corrected chi connectivity index (χ0v) is 19.8. The number of nitrogens with one attached hydrogen (secondary N) is 2. The first-order valence-corrected chi connectivity index (χ1v) is 11.3. The molecule has 180 valence electrons. The number of rotatable bonds is 6. The Hall–Kier alpha value is -3.69. The number of benzene rings is 1. The van der Waals surface area contributed by atoms with Crippen molar-refractivity contribution in [1.29, 1.82) is 5.41 Å². The van der Waals surface area contributed by atoms with E-state index in [4.69, 9.17) is 17.0 Å². The lowest BCUT2D eigenvalue weighted by atomic mass is 9.98. The number of halogens is 2. The summed E-state index contributed by atoms with van der Waals surface area (Å²) in [4.78, 5) is 23.8. The highest BCUT2D eigenvalue weighted by Gasteiger charge is 2.27. The molecule has 0 bridgehead atoms. The summed E-state index contributed by atoms with van der Waals surface area (Å²) in [5, 5.41) is 31.7. The number of aromatic carboxylic acids is 1. The van der Waals surface area contributed by atoms with Gasteiger partial charge in [0.15, 0.2) is 5.84 Å². The molecule has 1 aromatic carbocycles. The number of pyridine rings is 2. The van der Waals surface area contributed by atoms with Crippen molar-refractivity contribution in [3.05, 3.63) is 70.4 Å². The van der Waals surface area contributed by atoms with Crippen LogP contribution in [0, 0.1) is 11.2 Å². The molecule has 35 heavy (non-hydrogen) atoms. The van der Waals surface area contributed by atoms with E-state index in [-0.39, 0.29) is 23.6 Å². The standard InChI is InChI=1S/C25H23ClFN5O3/c1-3-18(22-17(27)5-7-20(32-22)23(33)34)31-21-15-10-13(4-6-19(15)29-12-16(21)26)14-8-9-25(2,35)24(28)30-11-14/h4-8,10-12,18,28,35H,3,9H2,1-2H3,(H,29,31)(H,33,34). The van der Waals surface area contributed by atoms with E-state index < -0.39 is 23.4 Å². The Morgan fingerprint density at radius 1 is 1.34 bits per heavy atom. The highest BCUT2D eigenvalue weighted by Crippen LogP contribution is 2.35. The van der Waals surface area contributed by atoms with Crippen LogP contribution in [0.2, 0.25) is 5.02 Å².